The fourth-order valence-corrected chi connectivity index (χ4v) is 3.55. The van der Waals surface area contributed by atoms with Gasteiger partial charge in [0.2, 0.25) is 5.91 Å². The molecule has 1 aromatic carbocycles. The second kappa shape index (κ2) is 9.32. The molecule has 1 N–H and O–H groups in total. The molecule has 0 unspecified atom stereocenters. The summed E-state index contributed by atoms with van der Waals surface area (Å²) in [6.45, 7) is 4.90. The summed E-state index contributed by atoms with van der Waals surface area (Å²) >= 11 is 1.41. The summed E-state index contributed by atoms with van der Waals surface area (Å²) < 4.78 is 2.06. The lowest BCUT2D eigenvalue weighted by Gasteiger charge is -2.14. The van der Waals surface area contributed by atoms with Crippen LogP contribution in [-0.2, 0) is 11.3 Å². The van der Waals surface area contributed by atoms with Crippen LogP contribution < -0.4 is 5.32 Å². The second-order valence-electron chi connectivity index (χ2n) is 6.18. The summed E-state index contributed by atoms with van der Waals surface area (Å²) in [7, 11) is 0. The molecule has 3 rings (SSSR count). The van der Waals surface area contributed by atoms with E-state index in [-0.39, 0.29) is 11.9 Å². The fraction of sp³-hybridized carbons (Fsp3) is 0.300. The van der Waals surface area contributed by atoms with Crippen molar-refractivity contribution in [1.82, 2.24) is 25.1 Å². The highest BCUT2D eigenvalue weighted by Gasteiger charge is 2.16. The first kappa shape index (κ1) is 19.1. The Morgan fingerprint density at radius 1 is 1.15 bits per heavy atom. The van der Waals surface area contributed by atoms with Crippen molar-refractivity contribution in [2.24, 2.45) is 0 Å². The highest BCUT2D eigenvalue weighted by molar-refractivity contribution is 7.99. The van der Waals surface area contributed by atoms with Crippen LogP contribution in [0, 0.1) is 0 Å². The standard InChI is InChI=1S/C20H23N5OS/c1-3-13-25-19(17-9-11-21-12-10-17)23-24-20(25)27-14-18(26)22-15(2)16-7-5-4-6-8-16/h4-12,15H,3,13-14H2,1-2H3,(H,22,26)/t15-/m1/s1. The number of carbonyl (C=O) groups excluding carboxylic acids is 1. The maximum atomic E-state index is 12.3. The maximum Gasteiger partial charge on any atom is 0.230 e. The third kappa shape index (κ3) is 4.95. The smallest absolute Gasteiger partial charge is 0.230 e. The van der Waals surface area contributed by atoms with Gasteiger partial charge in [0.05, 0.1) is 11.8 Å². The van der Waals surface area contributed by atoms with E-state index in [2.05, 4.69) is 32.0 Å². The lowest BCUT2D eigenvalue weighted by Crippen LogP contribution is -2.28. The summed E-state index contributed by atoms with van der Waals surface area (Å²) in [5, 5.41) is 12.4. The molecule has 140 valence electrons. The van der Waals surface area contributed by atoms with Gasteiger partial charge in [-0.3, -0.25) is 9.78 Å². The molecule has 1 amide bonds. The van der Waals surface area contributed by atoms with Crippen molar-refractivity contribution in [3.8, 4) is 11.4 Å². The fourth-order valence-electron chi connectivity index (χ4n) is 2.77. The molecule has 0 aliphatic rings. The molecule has 0 saturated carbocycles. The van der Waals surface area contributed by atoms with E-state index < -0.39 is 0 Å². The first-order valence-electron chi connectivity index (χ1n) is 8.99. The van der Waals surface area contributed by atoms with Crippen LogP contribution in [0.4, 0.5) is 0 Å². The number of nitrogens with zero attached hydrogens (tertiary/aromatic N) is 4. The molecule has 0 aliphatic carbocycles. The maximum absolute atomic E-state index is 12.3. The van der Waals surface area contributed by atoms with Crippen LogP contribution in [0.5, 0.6) is 0 Å². The van der Waals surface area contributed by atoms with Gasteiger partial charge in [-0.15, -0.1) is 10.2 Å². The molecular weight excluding hydrogens is 358 g/mol. The molecule has 0 aliphatic heterocycles. The molecular formula is C20H23N5OS. The lowest BCUT2D eigenvalue weighted by atomic mass is 10.1. The number of amides is 1. The minimum absolute atomic E-state index is 0.0205. The summed E-state index contributed by atoms with van der Waals surface area (Å²) in [6, 6.07) is 13.7. The highest BCUT2D eigenvalue weighted by atomic mass is 32.2. The van der Waals surface area contributed by atoms with Crippen LogP contribution in [0.1, 0.15) is 31.9 Å². The van der Waals surface area contributed by atoms with Gasteiger partial charge in [0.1, 0.15) is 0 Å². The number of pyridine rings is 1. The number of nitrogens with one attached hydrogen (secondary N) is 1. The average molecular weight is 382 g/mol. The zero-order valence-electron chi connectivity index (χ0n) is 15.5. The molecule has 7 heteroatoms. The molecule has 0 fully saturated rings. The molecule has 0 radical (unpaired) electrons. The van der Waals surface area contributed by atoms with Crippen molar-refractivity contribution in [2.75, 3.05) is 5.75 Å². The predicted molar refractivity (Wildman–Crippen MR) is 107 cm³/mol. The highest BCUT2D eigenvalue weighted by Crippen LogP contribution is 2.24. The van der Waals surface area contributed by atoms with E-state index in [0.717, 1.165) is 35.1 Å². The number of rotatable bonds is 8. The third-order valence-corrected chi connectivity index (χ3v) is 5.08. The summed E-state index contributed by atoms with van der Waals surface area (Å²) in [5.41, 5.74) is 2.06. The van der Waals surface area contributed by atoms with Gasteiger partial charge in [0.25, 0.3) is 0 Å². The first-order chi connectivity index (χ1) is 13.2. The van der Waals surface area contributed by atoms with Crippen molar-refractivity contribution in [2.45, 2.75) is 38.0 Å². The molecule has 3 aromatic rings. The van der Waals surface area contributed by atoms with Crippen LogP contribution >= 0.6 is 11.8 Å². The zero-order valence-corrected chi connectivity index (χ0v) is 16.3. The number of thioether (sulfide) groups is 1. The van der Waals surface area contributed by atoms with Gasteiger partial charge in [-0.1, -0.05) is 49.0 Å². The van der Waals surface area contributed by atoms with Crippen molar-refractivity contribution in [1.29, 1.82) is 0 Å². The number of hydrogen-bond donors (Lipinski definition) is 1. The van der Waals surface area contributed by atoms with Gasteiger partial charge in [0.15, 0.2) is 11.0 Å². The van der Waals surface area contributed by atoms with E-state index in [9.17, 15) is 4.79 Å². The number of benzene rings is 1. The van der Waals surface area contributed by atoms with Crippen LogP contribution in [0.25, 0.3) is 11.4 Å². The lowest BCUT2D eigenvalue weighted by molar-refractivity contribution is -0.119. The topological polar surface area (TPSA) is 72.7 Å². The Morgan fingerprint density at radius 3 is 2.59 bits per heavy atom. The van der Waals surface area contributed by atoms with E-state index in [1.54, 1.807) is 12.4 Å². The molecule has 0 bridgehead atoms. The van der Waals surface area contributed by atoms with E-state index in [1.165, 1.54) is 11.8 Å². The molecule has 2 heterocycles. The Morgan fingerprint density at radius 2 is 1.89 bits per heavy atom. The van der Waals surface area contributed by atoms with E-state index >= 15 is 0 Å². The summed E-state index contributed by atoms with van der Waals surface area (Å²) in [6.07, 6.45) is 4.44. The Balaban J connectivity index is 1.65. The van der Waals surface area contributed by atoms with E-state index in [0.29, 0.717) is 5.75 Å². The van der Waals surface area contributed by atoms with Crippen molar-refractivity contribution < 1.29 is 4.79 Å². The monoisotopic (exact) mass is 381 g/mol. The predicted octanol–water partition coefficient (Wildman–Crippen LogP) is 3.72. The van der Waals surface area contributed by atoms with Gasteiger partial charge < -0.3 is 9.88 Å². The minimum atomic E-state index is -0.0276. The van der Waals surface area contributed by atoms with Crippen LogP contribution in [0.3, 0.4) is 0 Å². The molecule has 27 heavy (non-hydrogen) atoms. The summed E-state index contributed by atoms with van der Waals surface area (Å²) in [5.74, 6) is 1.09. The molecule has 0 spiro atoms. The quantitative estimate of drug-likeness (QED) is 0.602. The Hall–Kier alpha value is -2.67. The van der Waals surface area contributed by atoms with Crippen LogP contribution in [0.2, 0.25) is 0 Å². The Labute approximate surface area is 163 Å². The van der Waals surface area contributed by atoms with E-state index in [4.69, 9.17) is 0 Å². The SMILES string of the molecule is CCCn1c(SCC(=O)N[C@H](C)c2ccccc2)nnc1-c1ccncc1. The van der Waals surface area contributed by atoms with Crippen molar-refractivity contribution >= 4 is 17.7 Å². The molecule has 6 nitrogen and oxygen atoms in total. The van der Waals surface area contributed by atoms with Gasteiger partial charge in [-0.25, -0.2) is 0 Å². The third-order valence-electron chi connectivity index (χ3n) is 4.11. The minimum Gasteiger partial charge on any atom is -0.349 e. The number of hydrogen-bond acceptors (Lipinski definition) is 5. The van der Waals surface area contributed by atoms with E-state index in [1.807, 2.05) is 49.4 Å². The van der Waals surface area contributed by atoms with Crippen molar-refractivity contribution in [3.05, 3.63) is 60.4 Å². The first-order valence-corrected chi connectivity index (χ1v) is 9.98. The van der Waals surface area contributed by atoms with Gasteiger partial charge >= 0.3 is 0 Å². The number of carbonyl (C=O) groups is 1. The number of aromatic nitrogens is 4. The zero-order chi connectivity index (χ0) is 19.1. The van der Waals surface area contributed by atoms with Gasteiger partial charge in [-0.05, 0) is 31.0 Å². The molecule has 2 aromatic heterocycles. The molecule has 1 atom stereocenters. The average Bonchev–Trinajstić information content (AvgIpc) is 3.10. The molecule has 0 saturated heterocycles. The normalized spacial score (nSPS) is 11.9. The van der Waals surface area contributed by atoms with Crippen molar-refractivity contribution in [3.63, 3.8) is 0 Å². The Bertz CT molecular complexity index is 867. The van der Waals surface area contributed by atoms with Crippen LogP contribution in [-0.4, -0.2) is 31.4 Å². The van der Waals surface area contributed by atoms with Gasteiger partial charge in [-0.2, -0.15) is 0 Å². The van der Waals surface area contributed by atoms with Gasteiger partial charge in [0, 0.05) is 24.5 Å². The largest absolute Gasteiger partial charge is 0.349 e. The second-order valence-corrected chi connectivity index (χ2v) is 7.12. The van der Waals surface area contributed by atoms with Crippen LogP contribution in [0.15, 0.2) is 60.0 Å². The summed E-state index contributed by atoms with van der Waals surface area (Å²) in [4.78, 5) is 16.4. The Kier molecular flexibility index (Phi) is 6.59.